The summed E-state index contributed by atoms with van der Waals surface area (Å²) in [6.45, 7) is 6.62. The number of nitrogens with one attached hydrogen (secondary N) is 2. The standard InChI is InChI=1S/C70H134N2O19P2/c1-5-9-13-17-21-25-29-33-37-41-45-49-59(74)71-63-67(89-61(76)51-47-43-39-35-31-27-23-19-15-11-7-3)65(78)58(88-69(63)85-53-54-92(79,80)81)56-86-70-64(72-60(75)50-46-42-38-34-30-26-22-18-14-10-6-2)68(66(57(55-73)87-70)91-93(82,83)84)90-62(77)52-48-44-40-36-32-28-24-20-16-12-8-4/h57-58,63-70,73,78H,5-56H2,1-4H3,(H,71,74)(H,72,75)(H2,79,80,81)(H2,82,83,84)/t57-,58-,63-,64-,65-,66-,67-,68-,69+,70-/m1/s1. The smallest absolute Gasteiger partial charge is 0.457 e. The van der Waals surface area contributed by atoms with E-state index in [0.29, 0.717) is 25.7 Å². The first-order valence-corrected chi connectivity index (χ1v) is 40.8. The molecule has 10 atom stereocenters. The Kier molecular flexibility index (Phi) is 52.1. The first-order valence-electron chi connectivity index (χ1n) is 37.5. The van der Waals surface area contributed by atoms with E-state index in [-0.39, 0.29) is 25.7 Å². The SMILES string of the molecule is CCCCCCCCCCCCCC(=O)N[C@H]1[C@H](OC[C@H]2O[C@H](OCCP(=O)(O)O)[C@H](NC(=O)CCCCCCCCCCCCC)[C@@H](OC(=O)CCCCCCCCCCCCC)[C@@H]2O)O[C@H](CO)[C@@H](OP(=O)(O)O)[C@@H]1OC(=O)CCCCCCCCCCCCC. The Morgan fingerprint density at radius 3 is 1.03 bits per heavy atom. The van der Waals surface area contributed by atoms with Crippen LogP contribution in [0, 0.1) is 0 Å². The number of esters is 2. The normalized spacial score (nSPS) is 21.8. The van der Waals surface area contributed by atoms with Gasteiger partial charge in [0.05, 0.1) is 26.0 Å². The summed E-state index contributed by atoms with van der Waals surface area (Å²) < 4.78 is 67.0. The molecule has 548 valence electrons. The van der Waals surface area contributed by atoms with Crippen LogP contribution in [-0.4, -0.2) is 141 Å². The number of amides is 2. The lowest BCUT2D eigenvalue weighted by Crippen LogP contribution is -2.68. The average Bonchev–Trinajstić information content (AvgIpc) is 1.000. The molecule has 0 aromatic rings. The lowest BCUT2D eigenvalue weighted by Gasteiger charge is -2.47. The van der Waals surface area contributed by atoms with Crippen LogP contribution in [-0.2, 0) is 61.3 Å². The van der Waals surface area contributed by atoms with Gasteiger partial charge in [-0.3, -0.25) is 28.3 Å². The van der Waals surface area contributed by atoms with Gasteiger partial charge in [-0.15, -0.1) is 0 Å². The number of carbonyl (C=O) groups excluding carboxylic acids is 4. The Morgan fingerprint density at radius 1 is 0.398 bits per heavy atom. The largest absolute Gasteiger partial charge is 0.470 e. The Hall–Kier alpha value is -2.10. The van der Waals surface area contributed by atoms with Gasteiger partial charge >= 0.3 is 27.4 Å². The van der Waals surface area contributed by atoms with Crippen molar-refractivity contribution in [1.82, 2.24) is 10.6 Å². The van der Waals surface area contributed by atoms with Gasteiger partial charge < -0.3 is 68.8 Å². The lowest BCUT2D eigenvalue weighted by atomic mass is 9.95. The van der Waals surface area contributed by atoms with Crippen molar-refractivity contribution in [3.63, 3.8) is 0 Å². The molecule has 0 saturated carbocycles. The van der Waals surface area contributed by atoms with Crippen LogP contribution in [0.4, 0.5) is 0 Å². The Bertz CT molecular complexity index is 1970. The highest BCUT2D eigenvalue weighted by Crippen LogP contribution is 2.43. The van der Waals surface area contributed by atoms with Crippen molar-refractivity contribution in [2.24, 2.45) is 0 Å². The van der Waals surface area contributed by atoms with E-state index >= 15 is 0 Å². The summed E-state index contributed by atoms with van der Waals surface area (Å²) in [5.41, 5.74) is 0. The molecule has 2 aliphatic heterocycles. The van der Waals surface area contributed by atoms with Crippen molar-refractivity contribution in [2.45, 2.75) is 397 Å². The van der Waals surface area contributed by atoms with E-state index in [9.17, 15) is 58.1 Å². The monoisotopic (exact) mass is 1370 g/mol. The fourth-order valence-corrected chi connectivity index (χ4v) is 13.4. The maximum Gasteiger partial charge on any atom is 0.470 e. The highest BCUT2D eigenvalue weighted by Gasteiger charge is 2.54. The molecule has 0 aromatic heterocycles. The molecular weight excluding hydrogens is 1230 g/mol. The summed E-state index contributed by atoms with van der Waals surface area (Å²) in [5.74, 6) is -2.41. The number of unbranched alkanes of at least 4 members (excludes halogenated alkanes) is 40. The molecule has 0 spiro atoms. The minimum Gasteiger partial charge on any atom is -0.457 e. The minimum absolute atomic E-state index is 0.0123. The topological polar surface area (TPSA) is 312 Å². The van der Waals surface area contributed by atoms with Crippen LogP contribution in [0.25, 0.3) is 0 Å². The van der Waals surface area contributed by atoms with Gasteiger partial charge in [0.25, 0.3) is 0 Å². The molecule has 93 heavy (non-hydrogen) atoms. The molecule has 0 radical (unpaired) electrons. The summed E-state index contributed by atoms with van der Waals surface area (Å²) in [5, 5.41) is 28.8. The van der Waals surface area contributed by atoms with Crippen molar-refractivity contribution >= 4 is 39.2 Å². The highest BCUT2D eigenvalue weighted by atomic mass is 31.2. The van der Waals surface area contributed by atoms with Crippen LogP contribution in [0.3, 0.4) is 0 Å². The number of hydrogen-bond acceptors (Lipinski definition) is 15. The predicted octanol–water partition coefficient (Wildman–Crippen LogP) is 15.1. The number of aliphatic hydroxyl groups is 2. The number of carbonyl (C=O) groups is 4. The molecule has 2 saturated heterocycles. The first kappa shape index (κ1) is 87.0. The van der Waals surface area contributed by atoms with E-state index in [1.165, 1.54) is 135 Å². The van der Waals surface area contributed by atoms with Gasteiger partial charge in [-0.05, 0) is 25.7 Å². The van der Waals surface area contributed by atoms with Crippen LogP contribution in [0.15, 0.2) is 0 Å². The molecule has 0 aromatic carbocycles. The molecule has 2 heterocycles. The summed E-state index contributed by atoms with van der Waals surface area (Å²) in [6.07, 6.45) is 32.2. The third-order valence-electron chi connectivity index (χ3n) is 18.0. The van der Waals surface area contributed by atoms with Gasteiger partial charge in [0.15, 0.2) is 24.8 Å². The Morgan fingerprint density at radius 2 is 0.699 bits per heavy atom. The van der Waals surface area contributed by atoms with Crippen LogP contribution >= 0.6 is 15.4 Å². The molecule has 0 unspecified atom stereocenters. The average molecular weight is 1370 g/mol. The van der Waals surface area contributed by atoms with Crippen molar-refractivity contribution in [3.8, 4) is 0 Å². The molecule has 2 aliphatic rings. The number of aliphatic hydroxyl groups excluding tert-OH is 2. The number of rotatable bonds is 62. The second kappa shape index (κ2) is 55.7. The second-order valence-electron chi connectivity index (χ2n) is 26.6. The molecular formula is C70H134N2O19P2. The van der Waals surface area contributed by atoms with Gasteiger partial charge in [-0.2, -0.15) is 0 Å². The van der Waals surface area contributed by atoms with Crippen molar-refractivity contribution in [3.05, 3.63) is 0 Å². The summed E-state index contributed by atoms with van der Waals surface area (Å²) in [4.78, 5) is 95.9. The van der Waals surface area contributed by atoms with E-state index < -0.39 is 126 Å². The Labute approximate surface area is 561 Å². The molecule has 21 nitrogen and oxygen atoms in total. The fourth-order valence-electron chi connectivity index (χ4n) is 12.4. The fraction of sp³-hybridized carbons (Fsp3) is 0.943. The molecule has 23 heteroatoms. The van der Waals surface area contributed by atoms with Gasteiger partial charge in [-0.25, -0.2) is 4.57 Å². The third kappa shape index (κ3) is 44.5. The molecule has 2 amide bonds. The third-order valence-corrected chi connectivity index (χ3v) is 19.3. The molecule has 0 bridgehead atoms. The number of phosphoric acid groups is 1. The van der Waals surface area contributed by atoms with E-state index in [4.69, 9.17) is 32.9 Å². The van der Waals surface area contributed by atoms with E-state index in [2.05, 4.69) is 38.3 Å². The minimum atomic E-state index is -5.40. The van der Waals surface area contributed by atoms with Crippen LogP contribution in [0.5, 0.6) is 0 Å². The quantitative estimate of drug-likeness (QED) is 0.0159. The second-order valence-corrected chi connectivity index (χ2v) is 29.6. The highest BCUT2D eigenvalue weighted by molar-refractivity contribution is 7.51. The van der Waals surface area contributed by atoms with Crippen LogP contribution in [0.2, 0.25) is 0 Å². The maximum absolute atomic E-state index is 14.1. The van der Waals surface area contributed by atoms with Gasteiger partial charge in [0, 0.05) is 25.7 Å². The zero-order valence-electron chi connectivity index (χ0n) is 58.4. The lowest BCUT2D eigenvalue weighted by molar-refractivity contribution is -0.304. The predicted molar refractivity (Wildman–Crippen MR) is 364 cm³/mol. The molecule has 0 aliphatic carbocycles. The van der Waals surface area contributed by atoms with Crippen molar-refractivity contribution in [1.29, 1.82) is 0 Å². The molecule has 8 N–H and O–H groups in total. The van der Waals surface area contributed by atoms with Crippen molar-refractivity contribution < 1.29 is 91.0 Å². The number of ether oxygens (including phenoxy) is 6. The summed E-state index contributed by atoms with van der Waals surface area (Å²) in [6, 6.07) is -2.92. The summed E-state index contributed by atoms with van der Waals surface area (Å²) >= 11 is 0. The van der Waals surface area contributed by atoms with Crippen LogP contribution in [0.1, 0.15) is 336 Å². The zero-order valence-corrected chi connectivity index (χ0v) is 60.2. The van der Waals surface area contributed by atoms with Gasteiger partial charge in [-0.1, -0.05) is 285 Å². The van der Waals surface area contributed by atoms with Gasteiger partial charge in [0.2, 0.25) is 11.8 Å². The first-order chi connectivity index (χ1) is 44.9. The Balaban J connectivity index is 2.47. The number of hydrogen-bond donors (Lipinski definition) is 8. The number of phosphoric ester groups is 1. The van der Waals surface area contributed by atoms with Crippen LogP contribution < -0.4 is 10.6 Å². The van der Waals surface area contributed by atoms with Gasteiger partial charge in [0.1, 0.15) is 36.5 Å². The van der Waals surface area contributed by atoms with E-state index in [1.54, 1.807) is 0 Å². The summed E-state index contributed by atoms with van der Waals surface area (Å²) in [7, 11) is -10.0. The molecule has 2 rings (SSSR count). The zero-order chi connectivity index (χ0) is 68.2. The van der Waals surface area contributed by atoms with E-state index in [0.717, 1.165) is 122 Å². The molecule has 2 fully saturated rings. The van der Waals surface area contributed by atoms with Crippen molar-refractivity contribution in [2.75, 3.05) is 26.0 Å². The van der Waals surface area contributed by atoms with E-state index in [1.807, 2.05) is 0 Å². The maximum atomic E-state index is 14.1.